The van der Waals surface area contributed by atoms with Crippen LogP contribution in [0.1, 0.15) is 21.5 Å². The minimum absolute atomic E-state index is 0.00484. The van der Waals surface area contributed by atoms with Gasteiger partial charge >= 0.3 is 5.97 Å². The minimum Gasteiger partial charge on any atom is -0.467 e. The first-order chi connectivity index (χ1) is 16.0. The number of ether oxygens (including phenoxy) is 3. The monoisotopic (exact) mass is 448 g/mol. The Morgan fingerprint density at radius 3 is 2.48 bits per heavy atom. The van der Waals surface area contributed by atoms with Crippen molar-refractivity contribution in [1.82, 2.24) is 5.32 Å². The van der Waals surface area contributed by atoms with Crippen molar-refractivity contribution in [2.45, 2.75) is 13.2 Å². The van der Waals surface area contributed by atoms with Crippen LogP contribution in [-0.4, -0.2) is 30.1 Å². The first kappa shape index (κ1) is 22.0. The molecule has 0 saturated heterocycles. The number of esters is 1. The molecular formula is C24H20N2O7. The summed E-state index contributed by atoms with van der Waals surface area (Å²) in [6.45, 7) is -0.410. The maximum Gasteiger partial charge on any atom is 0.325 e. The van der Waals surface area contributed by atoms with E-state index in [9.17, 15) is 19.7 Å². The van der Waals surface area contributed by atoms with Crippen molar-refractivity contribution in [2.24, 2.45) is 0 Å². The second-order valence-corrected chi connectivity index (χ2v) is 7.25. The van der Waals surface area contributed by atoms with Crippen molar-refractivity contribution in [1.29, 1.82) is 0 Å². The van der Waals surface area contributed by atoms with Gasteiger partial charge in [-0.05, 0) is 23.3 Å². The average Bonchev–Trinajstić information content (AvgIpc) is 2.86. The van der Waals surface area contributed by atoms with Gasteiger partial charge in [0.15, 0.2) is 6.79 Å². The molecule has 168 valence electrons. The number of nitro benzene ring substituents is 1. The summed E-state index contributed by atoms with van der Waals surface area (Å²) in [6.07, 6.45) is 0. The van der Waals surface area contributed by atoms with E-state index in [0.29, 0.717) is 22.4 Å². The quantitative estimate of drug-likeness (QED) is 0.333. The molecule has 0 radical (unpaired) electrons. The van der Waals surface area contributed by atoms with Crippen LogP contribution < -0.4 is 10.1 Å². The second-order valence-electron chi connectivity index (χ2n) is 7.25. The molecule has 0 saturated carbocycles. The zero-order valence-electron chi connectivity index (χ0n) is 17.5. The smallest absolute Gasteiger partial charge is 0.325 e. The molecule has 1 aliphatic rings. The molecule has 9 nitrogen and oxygen atoms in total. The van der Waals surface area contributed by atoms with Crippen LogP contribution in [0.15, 0.2) is 66.7 Å². The normalized spacial score (nSPS) is 12.2. The van der Waals surface area contributed by atoms with E-state index < -0.39 is 16.8 Å². The number of non-ortho nitro benzene ring substituents is 1. The molecule has 3 aromatic rings. The lowest BCUT2D eigenvalue weighted by Crippen LogP contribution is -2.30. The lowest BCUT2D eigenvalue weighted by Gasteiger charge is -2.20. The summed E-state index contributed by atoms with van der Waals surface area (Å²) in [5, 5.41) is 13.7. The van der Waals surface area contributed by atoms with E-state index in [0.717, 1.165) is 11.1 Å². The minimum atomic E-state index is -0.684. The maximum atomic E-state index is 12.4. The fourth-order valence-electron chi connectivity index (χ4n) is 3.40. The molecule has 0 fully saturated rings. The predicted molar refractivity (Wildman–Crippen MR) is 117 cm³/mol. The van der Waals surface area contributed by atoms with E-state index in [-0.39, 0.29) is 32.2 Å². The zero-order valence-corrected chi connectivity index (χ0v) is 17.5. The van der Waals surface area contributed by atoms with Crippen LogP contribution in [0, 0.1) is 10.1 Å². The third-order valence-corrected chi connectivity index (χ3v) is 5.02. The highest BCUT2D eigenvalue weighted by Crippen LogP contribution is 2.33. The fourth-order valence-corrected chi connectivity index (χ4v) is 3.40. The maximum absolute atomic E-state index is 12.4. The highest BCUT2D eigenvalue weighted by atomic mass is 16.7. The molecule has 0 atom stereocenters. The van der Waals surface area contributed by atoms with E-state index in [1.807, 2.05) is 42.5 Å². The molecule has 4 rings (SSSR count). The number of nitro groups is 1. The van der Waals surface area contributed by atoms with Crippen LogP contribution in [0.3, 0.4) is 0 Å². The second kappa shape index (κ2) is 9.92. The highest BCUT2D eigenvalue weighted by molar-refractivity contribution is 5.96. The number of nitrogens with one attached hydrogen (secondary N) is 1. The number of carbonyl (C=O) groups excluding carboxylic acids is 2. The molecule has 0 spiro atoms. The standard InChI is InChI=1S/C24H20N2O7/c27-22(32-14-20-11-21(26(29)30)10-19-13-31-15-33-23(19)20)12-25-24(28)18-8-6-17(7-9-18)16-4-2-1-3-5-16/h1-11H,12-15H2,(H,25,28). The zero-order chi connectivity index (χ0) is 23.2. The molecule has 33 heavy (non-hydrogen) atoms. The lowest BCUT2D eigenvalue weighted by molar-refractivity contribution is -0.385. The van der Waals surface area contributed by atoms with E-state index >= 15 is 0 Å². The van der Waals surface area contributed by atoms with Crippen molar-refractivity contribution in [3.63, 3.8) is 0 Å². The molecule has 1 heterocycles. The molecule has 0 unspecified atom stereocenters. The Morgan fingerprint density at radius 1 is 1.03 bits per heavy atom. The van der Waals surface area contributed by atoms with E-state index in [1.54, 1.807) is 12.1 Å². The summed E-state index contributed by atoms with van der Waals surface area (Å²) in [4.78, 5) is 35.1. The third kappa shape index (κ3) is 5.34. The molecule has 0 aromatic heterocycles. The van der Waals surface area contributed by atoms with E-state index in [4.69, 9.17) is 14.2 Å². The van der Waals surface area contributed by atoms with Gasteiger partial charge in [0.2, 0.25) is 0 Å². The summed E-state index contributed by atoms with van der Waals surface area (Å²) in [5.41, 5.74) is 3.13. The van der Waals surface area contributed by atoms with Crippen molar-refractivity contribution in [3.8, 4) is 16.9 Å². The topological polar surface area (TPSA) is 117 Å². The summed E-state index contributed by atoms with van der Waals surface area (Å²) < 4.78 is 15.8. The number of rotatable bonds is 7. The fraction of sp³-hybridized carbons (Fsp3) is 0.167. The lowest BCUT2D eigenvalue weighted by atomic mass is 10.0. The van der Waals surface area contributed by atoms with Gasteiger partial charge in [-0.2, -0.15) is 0 Å². The summed E-state index contributed by atoms with van der Waals surface area (Å²) in [5.74, 6) is -0.696. The Balaban J connectivity index is 1.33. The summed E-state index contributed by atoms with van der Waals surface area (Å²) >= 11 is 0. The Hall–Kier alpha value is -4.24. The van der Waals surface area contributed by atoms with Crippen molar-refractivity contribution in [3.05, 3.63) is 93.5 Å². The number of nitrogens with zero attached hydrogens (tertiary/aromatic N) is 1. The molecule has 0 aliphatic carbocycles. The van der Waals surface area contributed by atoms with Crippen LogP contribution in [0.2, 0.25) is 0 Å². The van der Waals surface area contributed by atoms with E-state index in [2.05, 4.69) is 5.32 Å². The van der Waals surface area contributed by atoms with Gasteiger partial charge in [0, 0.05) is 28.8 Å². The molecule has 1 aliphatic heterocycles. The van der Waals surface area contributed by atoms with Crippen LogP contribution in [0.4, 0.5) is 5.69 Å². The van der Waals surface area contributed by atoms with Gasteiger partial charge < -0.3 is 19.5 Å². The van der Waals surface area contributed by atoms with Gasteiger partial charge in [-0.1, -0.05) is 42.5 Å². The number of benzene rings is 3. The first-order valence-corrected chi connectivity index (χ1v) is 10.1. The first-order valence-electron chi connectivity index (χ1n) is 10.1. The molecule has 3 aromatic carbocycles. The largest absolute Gasteiger partial charge is 0.467 e. The van der Waals surface area contributed by atoms with Gasteiger partial charge in [-0.15, -0.1) is 0 Å². The molecule has 0 bridgehead atoms. The Morgan fingerprint density at radius 2 is 1.76 bits per heavy atom. The van der Waals surface area contributed by atoms with Crippen LogP contribution >= 0.6 is 0 Å². The van der Waals surface area contributed by atoms with Crippen molar-refractivity contribution < 1.29 is 28.7 Å². The number of carbonyl (C=O) groups is 2. The van der Waals surface area contributed by atoms with Crippen molar-refractivity contribution >= 4 is 17.6 Å². The van der Waals surface area contributed by atoms with Crippen molar-refractivity contribution in [2.75, 3.05) is 13.3 Å². The molecule has 1 N–H and O–H groups in total. The number of hydrogen-bond acceptors (Lipinski definition) is 7. The highest BCUT2D eigenvalue weighted by Gasteiger charge is 2.22. The van der Waals surface area contributed by atoms with Crippen LogP contribution in [0.5, 0.6) is 5.75 Å². The van der Waals surface area contributed by atoms with Gasteiger partial charge in [-0.3, -0.25) is 19.7 Å². The Bertz CT molecular complexity index is 1180. The molecular weight excluding hydrogens is 428 g/mol. The molecule has 9 heteroatoms. The van der Waals surface area contributed by atoms with Gasteiger partial charge in [0.25, 0.3) is 11.6 Å². The Kier molecular flexibility index (Phi) is 6.61. The molecule has 1 amide bonds. The number of fused-ring (bicyclic) bond motifs is 1. The summed E-state index contributed by atoms with van der Waals surface area (Å²) in [6, 6.07) is 19.4. The van der Waals surface area contributed by atoms with Crippen LogP contribution in [-0.2, 0) is 27.5 Å². The summed E-state index contributed by atoms with van der Waals surface area (Å²) in [7, 11) is 0. The number of hydrogen-bond donors (Lipinski definition) is 1. The van der Waals surface area contributed by atoms with Gasteiger partial charge in [-0.25, -0.2) is 0 Å². The van der Waals surface area contributed by atoms with Gasteiger partial charge in [0.1, 0.15) is 18.9 Å². The SMILES string of the molecule is O=C(CNC(=O)c1ccc(-c2ccccc2)cc1)OCc1cc([N+](=O)[O-])cc2c1OCOC2. The van der Waals surface area contributed by atoms with Crippen LogP contribution in [0.25, 0.3) is 11.1 Å². The third-order valence-electron chi connectivity index (χ3n) is 5.02. The Labute approximate surface area is 189 Å². The predicted octanol–water partition coefficient (Wildman–Crippen LogP) is 3.60. The van der Waals surface area contributed by atoms with E-state index in [1.165, 1.54) is 12.1 Å². The average molecular weight is 448 g/mol. The van der Waals surface area contributed by atoms with Gasteiger partial charge in [0.05, 0.1) is 11.5 Å². The number of amides is 1.